The zero-order valence-corrected chi connectivity index (χ0v) is 12.5. The number of rotatable bonds is 6. The van der Waals surface area contributed by atoms with Gasteiger partial charge in [-0.15, -0.1) is 22.9 Å². The Morgan fingerprint density at radius 3 is 3.22 bits per heavy atom. The van der Waals surface area contributed by atoms with Crippen molar-refractivity contribution in [3.8, 4) is 0 Å². The van der Waals surface area contributed by atoms with Crippen molar-refractivity contribution in [1.82, 2.24) is 9.88 Å². The van der Waals surface area contributed by atoms with Gasteiger partial charge in [-0.25, -0.2) is 4.98 Å². The smallest absolute Gasteiger partial charge is 0.107 e. The number of nitrogens with zero attached hydrogens (tertiary/aromatic N) is 2. The van der Waals surface area contributed by atoms with E-state index in [9.17, 15) is 0 Å². The van der Waals surface area contributed by atoms with E-state index in [1.807, 2.05) is 0 Å². The van der Waals surface area contributed by atoms with Gasteiger partial charge in [-0.1, -0.05) is 6.92 Å². The lowest BCUT2D eigenvalue weighted by atomic mass is 10.1. The summed E-state index contributed by atoms with van der Waals surface area (Å²) in [6.07, 6.45) is 3.93. The van der Waals surface area contributed by atoms with Gasteiger partial charge in [0.05, 0.1) is 24.2 Å². The Hall–Kier alpha value is -0.160. The molecule has 0 amide bonds. The predicted octanol–water partition coefficient (Wildman–Crippen LogP) is 3.27. The van der Waals surface area contributed by atoms with Gasteiger partial charge in [0.1, 0.15) is 5.01 Å². The summed E-state index contributed by atoms with van der Waals surface area (Å²) in [6.45, 7) is 6.17. The molecular formula is C13H21ClN2OS. The van der Waals surface area contributed by atoms with Crippen molar-refractivity contribution < 1.29 is 4.74 Å². The molecule has 2 heterocycles. The number of likely N-dealkylation sites (tertiary alicyclic amines) is 1. The fraction of sp³-hybridized carbons (Fsp3) is 0.769. The predicted molar refractivity (Wildman–Crippen MR) is 76.2 cm³/mol. The summed E-state index contributed by atoms with van der Waals surface area (Å²) in [5.41, 5.74) is 0.993. The molecule has 1 fully saturated rings. The van der Waals surface area contributed by atoms with Gasteiger partial charge in [0.25, 0.3) is 0 Å². The molecule has 0 N–H and O–H groups in total. The third-order valence-electron chi connectivity index (χ3n) is 3.12. The molecular weight excluding hydrogens is 268 g/mol. The Morgan fingerprint density at radius 1 is 1.61 bits per heavy atom. The summed E-state index contributed by atoms with van der Waals surface area (Å²) in [4.78, 5) is 6.96. The van der Waals surface area contributed by atoms with Crippen molar-refractivity contribution in [2.24, 2.45) is 0 Å². The largest absolute Gasteiger partial charge is 0.377 e. The monoisotopic (exact) mass is 288 g/mol. The second kappa shape index (κ2) is 7.43. The Bertz CT molecular complexity index is 359. The van der Waals surface area contributed by atoms with Crippen LogP contribution in [0.5, 0.6) is 0 Å². The van der Waals surface area contributed by atoms with E-state index >= 15 is 0 Å². The second-order valence-electron chi connectivity index (χ2n) is 4.74. The summed E-state index contributed by atoms with van der Waals surface area (Å²) in [6, 6.07) is 0. The number of halogens is 1. The number of hydrogen-bond donors (Lipinski definition) is 0. The zero-order chi connectivity index (χ0) is 12.8. The molecule has 5 heteroatoms. The molecule has 0 saturated carbocycles. The molecule has 1 aliphatic heterocycles. The van der Waals surface area contributed by atoms with E-state index in [-0.39, 0.29) is 0 Å². The van der Waals surface area contributed by atoms with E-state index in [0.717, 1.165) is 38.4 Å². The van der Waals surface area contributed by atoms with E-state index in [4.69, 9.17) is 16.3 Å². The molecule has 18 heavy (non-hydrogen) atoms. The van der Waals surface area contributed by atoms with Crippen molar-refractivity contribution in [2.75, 3.05) is 19.7 Å². The third-order valence-corrected chi connectivity index (χ3v) is 4.27. The first kappa shape index (κ1) is 14.3. The number of ether oxygens (including phenoxy) is 1. The molecule has 1 saturated heterocycles. The average Bonchev–Trinajstić information content (AvgIpc) is 2.84. The van der Waals surface area contributed by atoms with Gasteiger partial charge in [-0.3, -0.25) is 4.90 Å². The number of thiazole rings is 1. The molecule has 0 aliphatic carbocycles. The van der Waals surface area contributed by atoms with Gasteiger partial charge in [-0.2, -0.15) is 0 Å². The van der Waals surface area contributed by atoms with Crippen LogP contribution in [0.15, 0.2) is 5.38 Å². The van der Waals surface area contributed by atoms with Crippen molar-refractivity contribution in [3.05, 3.63) is 16.1 Å². The van der Waals surface area contributed by atoms with E-state index in [0.29, 0.717) is 12.0 Å². The van der Waals surface area contributed by atoms with Crippen molar-refractivity contribution in [1.29, 1.82) is 0 Å². The first-order valence-corrected chi connectivity index (χ1v) is 8.06. The zero-order valence-electron chi connectivity index (χ0n) is 10.9. The van der Waals surface area contributed by atoms with Crippen LogP contribution in [0.2, 0.25) is 0 Å². The highest BCUT2D eigenvalue weighted by Crippen LogP contribution is 2.18. The highest BCUT2D eigenvalue weighted by atomic mass is 35.5. The van der Waals surface area contributed by atoms with Crippen LogP contribution in [0, 0.1) is 0 Å². The van der Waals surface area contributed by atoms with Gasteiger partial charge >= 0.3 is 0 Å². The lowest BCUT2D eigenvalue weighted by Gasteiger charge is -2.31. The van der Waals surface area contributed by atoms with E-state index < -0.39 is 0 Å². The van der Waals surface area contributed by atoms with E-state index in [1.54, 1.807) is 11.3 Å². The molecule has 1 unspecified atom stereocenters. The third kappa shape index (κ3) is 4.19. The summed E-state index contributed by atoms with van der Waals surface area (Å²) < 4.78 is 5.85. The van der Waals surface area contributed by atoms with Gasteiger partial charge in [0.2, 0.25) is 0 Å². The van der Waals surface area contributed by atoms with Crippen LogP contribution in [0.4, 0.5) is 0 Å². The standard InChI is InChI=1S/C13H21ClN2OS/c1-2-6-17-12-4-3-5-16(8-12)9-13-15-11(7-14)10-18-13/h10,12H,2-9H2,1H3. The fourth-order valence-corrected chi connectivity index (χ4v) is 3.32. The molecule has 2 rings (SSSR count). The van der Waals surface area contributed by atoms with Crippen LogP contribution < -0.4 is 0 Å². The molecule has 0 bridgehead atoms. The molecule has 102 valence electrons. The molecule has 1 aromatic rings. The van der Waals surface area contributed by atoms with E-state index in [1.165, 1.54) is 17.8 Å². The Kier molecular flexibility index (Phi) is 5.89. The Morgan fingerprint density at radius 2 is 2.50 bits per heavy atom. The Labute approximate surface area is 118 Å². The van der Waals surface area contributed by atoms with Gasteiger partial charge in [0.15, 0.2) is 0 Å². The maximum absolute atomic E-state index is 5.85. The number of hydrogen-bond acceptors (Lipinski definition) is 4. The summed E-state index contributed by atoms with van der Waals surface area (Å²) in [5.74, 6) is 0.513. The number of alkyl halides is 1. The van der Waals surface area contributed by atoms with E-state index in [2.05, 4.69) is 22.2 Å². The first-order valence-electron chi connectivity index (χ1n) is 6.65. The molecule has 1 aliphatic rings. The maximum Gasteiger partial charge on any atom is 0.107 e. The van der Waals surface area contributed by atoms with Crippen molar-refractivity contribution in [2.45, 2.75) is 44.7 Å². The first-order chi connectivity index (χ1) is 8.81. The lowest BCUT2D eigenvalue weighted by molar-refractivity contribution is -0.00224. The molecule has 0 spiro atoms. The molecule has 1 atom stereocenters. The maximum atomic E-state index is 5.85. The minimum absolute atomic E-state index is 0.408. The van der Waals surface area contributed by atoms with Crippen LogP contribution in [-0.4, -0.2) is 35.7 Å². The van der Waals surface area contributed by atoms with Crippen LogP contribution in [0.1, 0.15) is 36.9 Å². The molecule has 0 radical (unpaired) electrons. The van der Waals surface area contributed by atoms with Gasteiger partial charge in [-0.05, 0) is 25.8 Å². The molecule has 3 nitrogen and oxygen atoms in total. The average molecular weight is 289 g/mol. The normalized spacial score (nSPS) is 21.3. The SMILES string of the molecule is CCCOC1CCCN(Cc2nc(CCl)cs2)C1. The van der Waals surface area contributed by atoms with Gasteiger partial charge in [0, 0.05) is 18.5 Å². The highest BCUT2D eigenvalue weighted by molar-refractivity contribution is 7.09. The van der Waals surface area contributed by atoms with Crippen LogP contribution >= 0.6 is 22.9 Å². The number of piperidine rings is 1. The highest BCUT2D eigenvalue weighted by Gasteiger charge is 2.20. The minimum atomic E-state index is 0.408. The lowest BCUT2D eigenvalue weighted by Crippen LogP contribution is -2.39. The topological polar surface area (TPSA) is 25.4 Å². The fourth-order valence-electron chi connectivity index (χ4n) is 2.25. The van der Waals surface area contributed by atoms with Crippen LogP contribution in [0.3, 0.4) is 0 Å². The van der Waals surface area contributed by atoms with Gasteiger partial charge < -0.3 is 4.74 Å². The number of aromatic nitrogens is 1. The summed E-state index contributed by atoms with van der Waals surface area (Å²) in [7, 11) is 0. The molecule has 1 aromatic heterocycles. The Balaban J connectivity index is 1.81. The van der Waals surface area contributed by atoms with Crippen molar-refractivity contribution >= 4 is 22.9 Å². The van der Waals surface area contributed by atoms with Crippen molar-refractivity contribution in [3.63, 3.8) is 0 Å². The minimum Gasteiger partial charge on any atom is -0.377 e. The summed E-state index contributed by atoms with van der Waals surface area (Å²) >= 11 is 7.48. The molecule has 0 aromatic carbocycles. The van der Waals surface area contributed by atoms with Crippen LogP contribution in [0.25, 0.3) is 0 Å². The summed E-state index contributed by atoms with van der Waals surface area (Å²) in [5, 5.41) is 3.22. The quantitative estimate of drug-likeness (QED) is 0.751. The second-order valence-corrected chi connectivity index (χ2v) is 5.95. The van der Waals surface area contributed by atoms with Crippen LogP contribution in [-0.2, 0) is 17.2 Å².